The molecule has 0 atom stereocenters. The van der Waals surface area contributed by atoms with E-state index in [1.807, 2.05) is 6.92 Å². The quantitative estimate of drug-likeness (QED) is 0.893. The number of hydrogen-bond donors (Lipinski definition) is 1. The zero-order valence-electron chi connectivity index (χ0n) is 11.2. The molecule has 1 aliphatic rings. The van der Waals surface area contributed by atoms with Gasteiger partial charge in [-0.3, -0.25) is 9.59 Å². The maximum atomic E-state index is 12.4. The second-order valence-electron chi connectivity index (χ2n) is 4.78. The van der Waals surface area contributed by atoms with Gasteiger partial charge in [0.1, 0.15) is 10.5 Å². The van der Waals surface area contributed by atoms with Crippen LogP contribution < -0.4 is 5.32 Å². The van der Waals surface area contributed by atoms with Crippen LogP contribution in [0, 0.1) is 0 Å². The number of thiophene rings is 1. The van der Waals surface area contributed by atoms with Gasteiger partial charge in [-0.25, -0.2) is 0 Å². The number of hydroxylamine groups is 2. The van der Waals surface area contributed by atoms with E-state index < -0.39 is 11.6 Å². The Morgan fingerprint density at radius 2 is 2.16 bits per heavy atom. The lowest BCUT2D eigenvalue weighted by molar-refractivity contribution is -0.191. The van der Waals surface area contributed by atoms with E-state index in [9.17, 15) is 9.59 Å². The number of halogens is 1. The monoisotopic (exact) mass is 346 g/mol. The van der Waals surface area contributed by atoms with Crippen molar-refractivity contribution in [1.29, 1.82) is 0 Å². The summed E-state index contributed by atoms with van der Waals surface area (Å²) in [5.74, 6) is -0.808. The highest BCUT2D eigenvalue weighted by atomic mass is 79.9. The predicted molar refractivity (Wildman–Crippen MR) is 77.0 cm³/mol. The molecular weight excluding hydrogens is 332 g/mol. The molecule has 19 heavy (non-hydrogen) atoms. The Balaban J connectivity index is 2.50. The number of nitrogens with one attached hydrogen (secondary N) is 1. The van der Waals surface area contributed by atoms with Crippen LogP contribution in [0.25, 0.3) is 0 Å². The second-order valence-corrected chi connectivity index (χ2v) is 7.12. The third kappa shape index (κ3) is 2.36. The van der Waals surface area contributed by atoms with Crippen LogP contribution in [0.4, 0.5) is 5.69 Å². The van der Waals surface area contributed by atoms with Gasteiger partial charge >= 0.3 is 11.9 Å². The van der Waals surface area contributed by atoms with Gasteiger partial charge in [0.2, 0.25) is 0 Å². The average molecular weight is 347 g/mol. The third-order valence-electron chi connectivity index (χ3n) is 2.85. The van der Waals surface area contributed by atoms with Gasteiger partial charge < -0.3 is 10.2 Å². The topological polar surface area (TPSA) is 58.6 Å². The first-order chi connectivity index (χ1) is 8.77. The molecule has 0 aliphatic carbocycles. The van der Waals surface area contributed by atoms with Gasteiger partial charge in [0.25, 0.3) is 0 Å². The highest BCUT2D eigenvalue weighted by Crippen LogP contribution is 2.43. The molecule has 5 nitrogen and oxygen atoms in total. The van der Waals surface area contributed by atoms with Crippen LogP contribution in [0.3, 0.4) is 0 Å². The van der Waals surface area contributed by atoms with Crippen molar-refractivity contribution in [2.45, 2.75) is 39.8 Å². The van der Waals surface area contributed by atoms with E-state index in [0.29, 0.717) is 4.88 Å². The van der Waals surface area contributed by atoms with E-state index in [1.165, 1.54) is 18.3 Å². The van der Waals surface area contributed by atoms with Gasteiger partial charge in [-0.1, -0.05) is 6.92 Å². The van der Waals surface area contributed by atoms with Crippen LogP contribution in [0.15, 0.2) is 3.79 Å². The average Bonchev–Trinajstić information content (AvgIpc) is 2.59. The number of nitrogens with zero attached hydrogens (tertiary/aromatic N) is 1. The van der Waals surface area contributed by atoms with Gasteiger partial charge in [-0.05, 0) is 36.2 Å². The van der Waals surface area contributed by atoms with Crippen molar-refractivity contribution >= 4 is 44.8 Å². The zero-order chi connectivity index (χ0) is 14.4. The van der Waals surface area contributed by atoms with Crippen LogP contribution in [0.2, 0.25) is 0 Å². The second kappa shape index (κ2) is 4.79. The SMILES string of the molecule is CCc1c(Br)sc2c1NC(C)(C)N(OC(C)=O)C2=O. The summed E-state index contributed by atoms with van der Waals surface area (Å²) in [5, 5.41) is 4.37. The van der Waals surface area contributed by atoms with Crippen LogP contribution in [0.5, 0.6) is 0 Å². The molecule has 7 heteroatoms. The number of carbonyl (C=O) groups is 2. The lowest BCUT2D eigenvalue weighted by Gasteiger charge is -2.40. The summed E-state index contributed by atoms with van der Waals surface area (Å²) in [6, 6.07) is 0. The van der Waals surface area contributed by atoms with E-state index in [2.05, 4.69) is 21.2 Å². The lowest BCUT2D eigenvalue weighted by atomic mass is 10.1. The van der Waals surface area contributed by atoms with E-state index in [-0.39, 0.29) is 5.91 Å². The molecule has 0 radical (unpaired) electrons. The largest absolute Gasteiger partial charge is 0.359 e. The Morgan fingerprint density at radius 3 is 2.68 bits per heavy atom. The molecule has 1 N–H and O–H groups in total. The minimum Gasteiger partial charge on any atom is -0.359 e. The summed E-state index contributed by atoms with van der Waals surface area (Å²) < 4.78 is 0.932. The fourth-order valence-corrected chi connectivity index (χ4v) is 3.98. The van der Waals surface area contributed by atoms with Gasteiger partial charge in [-0.15, -0.1) is 16.4 Å². The number of fused-ring (bicyclic) bond motifs is 1. The summed E-state index contributed by atoms with van der Waals surface area (Å²) in [6.07, 6.45) is 0.816. The molecule has 1 aromatic rings. The Morgan fingerprint density at radius 1 is 1.53 bits per heavy atom. The maximum absolute atomic E-state index is 12.4. The van der Waals surface area contributed by atoms with Gasteiger partial charge in [0, 0.05) is 12.5 Å². The molecule has 1 aliphatic heterocycles. The van der Waals surface area contributed by atoms with Crippen molar-refractivity contribution in [3.8, 4) is 0 Å². The Bertz CT molecular complexity index is 553. The Kier molecular flexibility index (Phi) is 3.61. The summed E-state index contributed by atoms with van der Waals surface area (Å²) in [5.41, 5.74) is 1.13. The number of hydrogen-bond acceptors (Lipinski definition) is 5. The Labute approximate surface area is 124 Å². The first kappa shape index (κ1) is 14.3. The van der Waals surface area contributed by atoms with Crippen LogP contribution >= 0.6 is 27.3 Å². The molecule has 1 amide bonds. The normalized spacial score (nSPS) is 16.9. The van der Waals surface area contributed by atoms with Crippen molar-refractivity contribution < 1.29 is 14.4 Å². The highest BCUT2D eigenvalue weighted by molar-refractivity contribution is 9.11. The Hall–Kier alpha value is -1.08. The molecule has 1 aromatic heterocycles. The minimum absolute atomic E-state index is 0.292. The predicted octanol–water partition coefficient (Wildman–Crippen LogP) is 3.15. The van der Waals surface area contributed by atoms with Gasteiger partial charge in [0.15, 0.2) is 0 Å². The van der Waals surface area contributed by atoms with E-state index in [1.54, 1.807) is 13.8 Å². The van der Waals surface area contributed by atoms with Crippen molar-refractivity contribution in [1.82, 2.24) is 5.06 Å². The summed E-state index contributed by atoms with van der Waals surface area (Å²) in [6.45, 7) is 6.90. The van der Waals surface area contributed by atoms with Gasteiger partial charge in [0.05, 0.1) is 9.47 Å². The summed E-state index contributed by atoms with van der Waals surface area (Å²) >= 11 is 4.83. The summed E-state index contributed by atoms with van der Waals surface area (Å²) in [7, 11) is 0. The molecule has 2 heterocycles. The zero-order valence-corrected chi connectivity index (χ0v) is 13.6. The first-order valence-corrected chi connectivity index (χ1v) is 7.51. The van der Waals surface area contributed by atoms with E-state index >= 15 is 0 Å². The molecule has 0 fully saturated rings. The lowest BCUT2D eigenvalue weighted by Crippen LogP contribution is -2.56. The van der Waals surface area contributed by atoms with Crippen molar-refractivity contribution in [2.24, 2.45) is 0 Å². The molecule has 2 rings (SSSR count). The van der Waals surface area contributed by atoms with Crippen LogP contribution in [0.1, 0.15) is 42.9 Å². The summed E-state index contributed by atoms with van der Waals surface area (Å²) in [4.78, 5) is 29.2. The van der Waals surface area contributed by atoms with E-state index in [0.717, 1.165) is 26.5 Å². The van der Waals surface area contributed by atoms with E-state index in [4.69, 9.17) is 4.84 Å². The van der Waals surface area contributed by atoms with Crippen molar-refractivity contribution in [3.05, 3.63) is 14.2 Å². The number of rotatable bonds is 2. The minimum atomic E-state index is -0.778. The molecule has 0 spiro atoms. The number of amides is 1. The molecule has 104 valence electrons. The molecule has 0 bridgehead atoms. The molecule has 0 saturated heterocycles. The fraction of sp³-hybridized carbons (Fsp3) is 0.500. The maximum Gasteiger partial charge on any atom is 0.329 e. The molecule has 0 aromatic carbocycles. The molecule has 0 unspecified atom stereocenters. The smallest absolute Gasteiger partial charge is 0.329 e. The number of carbonyl (C=O) groups excluding carboxylic acids is 2. The van der Waals surface area contributed by atoms with Crippen molar-refractivity contribution in [3.63, 3.8) is 0 Å². The number of anilines is 1. The molecule has 0 saturated carbocycles. The third-order valence-corrected chi connectivity index (χ3v) is 4.82. The standard InChI is InChI=1S/C12H15BrN2O3S/c1-5-7-8-9(19-10(7)13)11(17)15(18-6(2)16)12(3,4)14-8/h14H,5H2,1-4H3. The van der Waals surface area contributed by atoms with Crippen LogP contribution in [-0.4, -0.2) is 22.6 Å². The first-order valence-electron chi connectivity index (χ1n) is 5.90. The van der Waals surface area contributed by atoms with Crippen molar-refractivity contribution in [2.75, 3.05) is 5.32 Å². The fourth-order valence-electron chi connectivity index (χ4n) is 2.02. The van der Waals surface area contributed by atoms with Crippen LogP contribution in [-0.2, 0) is 16.1 Å². The highest BCUT2D eigenvalue weighted by Gasteiger charge is 2.43. The van der Waals surface area contributed by atoms with Gasteiger partial charge in [-0.2, -0.15) is 0 Å². The molecular formula is C12H15BrN2O3S.